The summed E-state index contributed by atoms with van der Waals surface area (Å²) in [4.78, 5) is 24.9. The third-order valence-electron chi connectivity index (χ3n) is 4.42. The second kappa shape index (κ2) is 7.39. The van der Waals surface area contributed by atoms with E-state index in [1.165, 1.54) is 11.3 Å². The van der Waals surface area contributed by atoms with Crippen LogP contribution in [-0.4, -0.2) is 25.4 Å². The number of nitrogen functional groups attached to an aromatic ring is 1. The molecule has 144 valence electrons. The average Bonchev–Trinajstić information content (AvgIpc) is 3.15. The Morgan fingerprint density at radius 3 is 2.41 bits per heavy atom. The zero-order chi connectivity index (χ0) is 19.7. The lowest BCUT2D eigenvalue weighted by Crippen LogP contribution is -2.31. The molecule has 1 atom stereocenters. The van der Waals surface area contributed by atoms with Crippen molar-refractivity contribution in [3.63, 3.8) is 0 Å². The van der Waals surface area contributed by atoms with Crippen LogP contribution >= 0.6 is 11.3 Å². The highest BCUT2D eigenvalue weighted by Crippen LogP contribution is 2.24. The molecule has 0 radical (unpaired) electrons. The standard InChI is InChI=1S/C17H23N7O2S/c1-5-23-12-7-9(3)11(8-13(12)24(6-2)17(23)26)20-16(25)19-10(4)14-21-22-15(18)27-14/h7-8,10H,5-6H2,1-4H3,(H2,18,22)(H2,19,20,25). The van der Waals surface area contributed by atoms with Gasteiger partial charge in [-0.25, -0.2) is 9.59 Å². The predicted octanol–water partition coefficient (Wildman–Crippen LogP) is 2.47. The number of benzene rings is 1. The number of hydrogen-bond donors (Lipinski definition) is 3. The molecule has 1 unspecified atom stereocenters. The number of nitrogens with two attached hydrogens (primary N) is 1. The fourth-order valence-corrected chi connectivity index (χ4v) is 3.66. The molecule has 9 nitrogen and oxygen atoms in total. The zero-order valence-corrected chi connectivity index (χ0v) is 16.6. The second-order valence-electron chi connectivity index (χ2n) is 6.23. The van der Waals surface area contributed by atoms with Crippen molar-refractivity contribution in [2.45, 2.75) is 46.8 Å². The van der Waals surface area contributed by atoms with E-state index in [9.17, 15) is 9.59 Å². The Kier molecular flexibility index (Phi) is 5.17. The lowest BCUT2D eigenvalue weighted by atomic mass is 10.1. The summed E-state index contributed by atoms with van der Waals surface area (Å²) in [5.41, 5.74) is 8.74. The average molecular weight is 389 g/mol. The Bertz CT molecular complexity index is 1050. The molecule has 0 aliphatic rings. The molecule has 0 bridgehead atoms. The number of urea groups is 1. The van der Waals surface area contributed by atoms with Crippen molar-refractivity contribution in [2.75, 3.05) is 11.1 Å². The van der Waals surface area contributed by atoms with Crippen molar-refractivity contribution in [3.8, 4) is 0 Å². The van der Waals surface area contributed by atoms with Crippen molar-refractivity contribution in [2.24, 2.45) is 0 Å². The summed E-state index contributed by atoms with van der Waals surface area (Å²) in [6.07, 6.45) is 0. The van der Waals surface area contributed by atoms with Crippen molar-refractivity contribution in [1.29, 1.82) is 0 Å². The van der Waals surface area contributed by atoms with E-state index in [0.717, 1.165) is 16.6 Å². The van der Waals surface area contributed by atoms with E-state index in [2.05, 4.69) is 20.8 Å². The number of aryl methyl sites for hydroxylation is 3. The van der Waals surface area contributed by atoms with Crippen LogP contribution in [0.1, 0.15) is 37.4 Å². The highest BCUT2D eigenvalue weighted by molar-refractivity contribution is 7.15. The van der Waals surface area contributed by atoms with Gasteiger partial charge in [0.05, 0.1) is 17.1 Å². The van der Waals surface area contributed by atoms with E-state index in [1.807, 2.05) is 39.8 Å². The Morgan fingerprint density at radius 2 is 1.85 bits per heavy atom. The number of anilines is 2. The molecule has 10 heteroatoms. The van der Waals surface area contributed by atoms with Crippen LogP contribution in [0.5, 0.6) is 0 Å². The SMILES string of the molecule is CCn1c(=O)n(CC)c2cc(NC(=O)NC(C)c3nnc(N)s3)c(C)cc21. The first-order chi connectivity index (χ1) is 12.8. The summed E-state index contributed by atoms with van der Waals surface area (Å²) in [6.45, 7) is 8.74. The minimum absolute atomic E-state index is 0.0431. The van der Waals surface area contributed by atoms with E-state index in [4.69, 9.17) is 5.73 Å². The summed E-state index contributed by atoms with van der Waals surface area (Å²) >= 11 is 1.23. The molecule has 0 saturated carbocycles. The molecule has 27 heavy (non-hydrogen) atoms. The minimum atomic E-state index is -0.362. The fourth-order valence-electron chi connectivity index (χ4n) is 3.05. The summed E-state index contributed by atoms with van der Waals surface area (Å²) in [7, 11) is 0. The van der Waals surface area contributed by atoms with Crippen molar-refractivity contribution >= 4 is 39.2 Å². The molecule has 0 aliphatic heterocycles. The van der Waals surface area contributed by atoms with Gasteiger partial charge < -0.3 is 16.4 Å². The topological polar surface area (TPSA) is 120 Å². The molecular weight excluding hydrogens is 366 g/mol. The first-order valence-corrected chi connectivity index (χ1v) is 9.57. The fraction of sp³-hybridized carbons (Fsp3) is 0.412. The van der Waals surface area contributed by atoms with E-state index in [0.29, 0.717) is 28.9 Å². The van der Waals surface area contributed by atoms with Crippen molar-refractivity contribution < 1.29 is 4.79 Å². The van der Waals surface area contributed by atoms with Crippen LogP contribution in [0.25, 0.3) is 11.0 Å². The molecule has 0 fully saturated rings. The third kappa shape index (κ3) is 3.52. The van der Waals surface area contributed by atoms with Gasteiger partial charge in [0.2, 0.25) is 5.13 Å². The Labute approximate surface area is 160 Å². The van der Waals surface area contributed by atoms with Crippen LogP contribution in [0, 0.1) is 6.92 Å². The van der Waals surface area contributed by atoms with Crippen LogP contribution in [0.3, 0.4) is 0 Å². The van der Waals surface area contributed by atoms with Gasteiger partial charge in [-0.2, -0.15) is 0 Å². The van der Waals surface area contributed by atoms with Gasteiger partial charge in [0, 0.05) is 18.8 Å². The summed E-state index contributed by atoms with van der Waals surface area (Å²) in [6, 6.07) is 3.09. The molecule has 3 rings (SSSR count). The summed E-state index contributed by atoms with van der Waals surface area (Å²) in [5, 5.41) is 14.4. The van der Waals surface area contributed by atoms with Gasteiger partial charge in [-0.1, -0.05) is 11.3 Å². The monoisotopic (exact) mass is 389 g/mol. The largest absolute Gasteiger partial charge is 0.374 e. The quantitative estimate of drug-likeness (QED) is 0.619. The van der Waals surface area contributed by atoms with Crippen LogP contribution < -0.4 is 22.1 Å². The minimum Gasteiger partial charge on any atom is -0.374 e. The van der Waals surface area contributed by atoms with Crippen molar-refractivity contribution in [1.82, 2.24) is 24.6 Å². The van der Waals surface area contributed by atoms with Gasteiger partial charge in [0.15, 0.2) is 0 Å². The maximum Gasteiger partial charge on any atom is 0.329 e. The van der Waals surface area contributed by atoms with E-state index >= 15 is 0 Å². The normalized spacial score (nSPS) is 12.3. The Hall–Kier alpha value is -2.88. The van der Waals surface area contributed by atoms with Gasteiger partial charge >= 0.3 is 11.7 Å². The molecule has 2 aromatic heterocycles. The highest BCUT2D eigenvalue weighted by Gasteiger charge is 2.17. The first-order valence-electron chi connectivity index (χ1n) is 8.75. The number of hydrogen-bond acceptors (Lipinski definition) is 6. The first kappa shape index (κ1) is 18.9. The number of rotatable bonds is 5. The van der Waals surface area contributed by atoms with E-state index in [-0.39, 0.29) is 17.8 Å². The molecule has 1 aromatic carbocycles. The molecule has 2 heterocycles. The Balaban J connectivity index is 1.87. The molecule has 2 amide bonds. The Morgan fingerprint density at radius 1 is 1.22 bits per heavy atom. The molecule has 0 saturated heterocycles. The number of imidazole rings is 1. The van der Waals surface area contributed by atoms with Crippen molar-refractivity contribution in [3.05, 3.63) is 33.2 Å². The summed E-state index contributed by atoms with van der Waals surface area (Å²) in [5.74, 6) is 0. The number of carbonyl (C=O) groups excluding carboxylic acids is 1. The van der Waals surface area contributed by atoms with Crippen LogP contribution in [0.4, 0.5) is 15.6 Å². The maximum absolute atomic E-state index is 12.5. The van der Waals surface area contributed by atoms with E-state index in [1.54, 1.807) is 9.13 Å². The number of aromatic nitrogens is 4. The number of carbonyl (C=O) groups is 1. The molecule has 4 N–H and O–H groups in total. The smallest absolute Gasteiger partial charge is 0.329 e. The summed E-state index contributed by atoms with van der Waals surface area (Å²) < 4.78 is 3.44. The van der Waals surface area contributed by atoms with Gasteiger partial charge in [-0.15, -0.1) is 10.2 Å². The van der Waals surface area contributed by atoms with Crippen LogP contribution in [-0.2, 0) is 13.1 Å². The maximum atomic E-state index is 12.5. The number of nitrogens with one attached hydrogen (secondary N) is 2. The van der Waals surface area contributed by atoms with Crippen LogP contribution in [0.2, 0.25) is 0 Å². The van der Waals surface area contributed by atoms with Gasteiger partial charge in [0.25, 0.3) is 0 Å². The number of amides is 2. The highest BCUT2D eigenvalue weighted by atomic mass is 32.1. The second-order valence-corrected chi connectivity index (χ2v) is 7.27. The number of fused-ring (bicyclic) bond motifs is 1. The van der Waals surface area contributed by atoms with Crippen LogP contribution in [0.15, 0.2) is 16.9 Å². The molecular formula is C17H23N7O2S. The molecule has 3 aromatic rings. The van der Waals surface area contributed by atoms with E-state index < -0.39 is 0 Å². The third-order valence-corrected chi connectivity index (χ3v) is 5.36. The van der Waals surface area contributed by atoms with Gasteiger partial charge in [0.1, 0.15) is 5.01 Å². The predicted molar refractivity (Wildman–Crippen MR) is 107 cm³/mol. The molecule has 0 aliphatic carbocycles. The lowest BCUT2D eigenvalue weighted by Gasteiger charge is -2.14. The zero-order valence-electron chi connectivity index (χ0n) is 15.7. The molecule has 0 spiro atoms. The number of nitrogens with zero attached hydrogens (tertiary/aromatic N) is 4. The van der Waals surface area contributed by atoms with Gasteiger partial charge in [-0.3, -0.25) is 9.13 Å². The lowest BCUT2D eigenvalue weighted by molar-refractivity contribution is 0.249. The van der Waals surface area contributed by atoms with Gasteiger partial charge in [-0.05, 0) is 45.4 Å².